The van der Waals surface area contributed by atoms with Crippen molar-refractivity contribution in [2.75, 3.05) is 7.04 Å². The largest absolute Gasteiger partial charge is 0.508 e. The van der Waals surface area contributed by atoms with E-state index in [0.717, 1.165) is 12.1 Å². The van der Waals surface area contributed by atoms with Crippen LogP contribution in [0.4, 0.5) is 8.78 Å². The standard InChI is InChI=1S/C11H7BrF2O3/c1-17-11-7-5(2-4(15)3-6(7)16)8(12)9(13)10(11)14/h2-3,15-16H,1H3/i1D3. The number of rotatable bonds is 1. The van der Waals surface area contributed by atoms with Gasteiger partial charge in [0.2, 0.25) is 5.82 Å². The molecule has 2 rings (SSSR count). The van der Waals surface area contributed by atoms with Gasteiger partial charge >= 0.3 is 0 Å². The minimum atomic E-state index is -3.03. The third-order valence-electron chi connectivity index (χ3n) is 2.25. The molecular formula is C11H7BrF2O3. The molecule has 0 bridgehead atoms. The van der Waals surface area contributed by atoms with Crippen molar-refractivity contribution in [3.63, 3.8) is 0 Å². The van der Waals surface area contributed by atoms with E-state index in [1.54, 1.807) is 0 Å². The van der Waals surface area contributed by atoms with Gasteiger partial charge in [-0.3, -0.25) is 0 Å². The molecule has 0 atom stereocenters. The molecule has 0 saturated carbocycles. The van der Waals surface area contributed by atoms with E-state index in [1.807, 2.05) is 0 Å². The Balaban J connectivity index is 2.92. The fourth-order valence-electron chi connectivity index (χ4n) is 1.54. The number of ether oxygens (including phenoxy) is 1. The molecule has 0 unspecified atom stereocenters. The lowest BCUT2D eigenvalue weighted by molar-refractivity contribution is 0.374. The summed E-state index contributed by atoms with van der Waals surface area (Å²) < 4.78 is 52.5. The second-order valence-corrected chi connectivity index (χ2v) is 4.05. The summed E-state index contributed by atoms with van der Waals surface area (Å²) in [6.45, 7) is 0. The fraction of sp³-hybridized carbons (Fsp3) is 0.0909. The average Bonchev–Trinajstić information content (AvgIpc) is 2.30. The number of phenols is 2. The first kappa shape index (κ1) is 8.52. The smallest absolute Gasteiger partial charge is 0.202 e. The van der Waals surface area contributed by atoms with Gasteiger partial charge in [0.25, 0.3) is 0 Å². The van der Waals surface area contributed by atoms with Gasteiger partial charge < -0.3 is 14.9 Å². The quantitative estimate of drug-likeness (QED) is 0.795. The van der Waals surface area contributed by atoms with E-state index < -0.39 is 35.9 Å². The molecule has 17 heavy (non-hydrogen) atoms. The number of hydrogen-bond acceptors (Lipinski definition) is 3. The summed E-state index contributed by atoms with van der Waals surface area (Å²) in [4.78, 5) is 0. The topological polar surface area (TPSA) is 49.7 Å². The summed E-state index contributed by atoms with van der Waals surface area (Å²) in [6, 6.07) is 1.90. The first-order valence-corrected chi connectivity index (χ1v) is 5.12. The highest BCUT2D eigenvalue weighted by Crippen LogP contribution is 2.43. The van der Waals surface area contributed by atoms with E-state index in [9.17, 15) is 19.0 Å². The van der Waals surface area contributed by atoms with Gasteiger partial charge in [0.1, 0.15) is 11.5 Å². The molecule has 0 aliphatic rings. The van der Waals surface area contributed by atoms with Crippen molar-refractivity contribution in [3.05, 3.63) is 28.2 Å². The van der Waals surface area contributed by atoms with Crippen LogP contribution in [0.1, 0.15) is 4.11 Å². The predicted molar refractivity (Wildman–Crippen MR) is 61.4 cm³/mol. The molecule has 0 saturated heterocycles. The normalized spacial score (nSPS) is 14.2. The van der Waals surface area contributed by atoms with E-state index in [4.69, 9.17) is 4.11 Å². The van der Waals surface area contributed by atoms with Crippen LogP contribution in [0.3, 0.4) is 0 Å². The van der Waals surface area contributed by atoms with Gasteiger partial charge in [-0.05, 0) is 22.0 Å². The van der Waals surface area contributed by atoms with Gasteiger partial charge in [-0.1, -0.05) is 0 Å². The van der Waals surface area contributed by atoms with Gasteiger partial charge in [0.05, 0.1) is 21.0 Å². The van der Waals surface area contributed by atoms with Crippen molar-refractivity contribution >= 4 is 26.7 Å². The van der Waals surface area contributed by atoms with Crippen molar-refractivity contribution in [1.82, 2.24) is 0 Å². The van der Waals surface area contributed by atoms with Gasteiger partial charge in [-0.2, -0.15) is 4.39 Å². The van der Waals surface area contributed by atoms with Gasteiger partial charge in [0.15, 0.2) is 11.6 Å². The van der Waals surface area contributed by atoms with Crippen molar-refractivity contribution in [3.8, 4) is 17.2 Å². The Morgan fingerprint density at radius 2 is 2.00 bits per heavy atom. The van der Waals surface area contributed by atoms with Crippen molar-refractivity contribution < 1.29 is 27.8 Å². The Hall–Kier alpha value is -1.56. The summed E-state index contributed by atoms with van der Waals surface area (Å²) in [5, 5.41) is 18.6. The molecule has 3 nitrogen and oxygen atoms in total. The second-order valence-electron chi connectivity index (χ2n) is 3.26. The number of hydrogen-bond donors (Lipinski definition) is 2. The monoisotopic (exact) mass is 307 g/mol. The zero-order valence-electron chi connectivity index (χ0n) is 11.1. The van der Waals surface area contributed by atoms with E-state index in [-0.39, 0.29) is 15.2 Å². The molecule has 0 radical (unpaired) electrons. The van der Waals surface area contributed by atoms with Crippen molar-refractivity contribution in [2.24, 2.45) is 0 Å². The maximum absolute atomic E-state index is 13.8. The average molecular weight is 308 g/mol. The summed E-state index contributed by atoms with van der Waals surface area (Å²) in [5.74, 6) is -4.93. The molecule has 0 aliphatic carbocycles. The zero-order valence-corrected chi connectivity index (χ0v) is 9.68. The van der Waals surface area contributed by atoms with Crippen LogP contribution in [0.5, 0.6) is 17.2 Å². The van der Waals surface area contributed by atoms with Gasteiger partial charge in [-0.15, -0.1) is 0 Å². The molecule has 0 aromatic heterocycles. The number of methoxy groups -OCH3 is 1. The molecule has 2 aromatic rings. The number of fused-ring (bicyclic) bond motifs is 1. The molecule has 0 spiro atoms. The maximum atomic E-state index is 13.8. The Labute approximate surface area is 108 Å². The van der Waals surface area contributed by atoms with Crippen LogP contribution in [-0.2, 0) is 0 Å². The lowest BCUT2D eigenvalue weighted by Gasteiger charge is -2.11. The van der Waals surface area contributed by atoms with Crippen LogP contribution in [-0.4, -0.2) is 17.3 Å². The molecule has 2 aromatic carbocycles. The van der Waals surface area contributed by atoms with E-state index in [1.165, 1.54) is 0 Å². The molecule has 90 valence electrons. The zero-order chi connectivity index (χ0) is 15.2. The van der Waals surface area contributed by atoms with Crippen LogP contribution in [0.2, 0.25) is 0 Å². The molecule has 2 N–H and O–H groups in total. The molecule has 0 fully saturated rings. The Bertz CT molecular complexity index is 704. The first-order chi connectivity index (χ1) is 9.11. The number of phenolic OH excluding ortho intramolecular Hbond substituents is 2. The Kier molecular flexibility index (Phi) is 2.02. The second kappa shape index (κ2) is 4.03. The summed E-state index contributed by atoms with van der Waals surface area (Å²) in [5.41, 5.74) is 0. The lowest BCUT2D eigenvalue weighted by Crippen LogP contribution is -1.96. The van der Waals surface area contributed by atoms with Crippen LogP contribution in [0.15, 0.2) is 16.6 Å². The van der Waals surface area contributed by atoms with Gasteiger partial charge in [0, 0.05) is 11.5 Å². The van der Waals surface area contributed by atoms with Crippen LogP contribution < -0.4 is 4.74 Å². The molecule has 0 aliphatic heterocycles. The maximum Gasteiger partial charge on any atom is 0.202 e. The summed E-state index contributed by atoms with van der Waals surface area (Å²) >= 11 is 2.78. The third-order valence-corrected chi connectivity index (χ3v) is 3.03. The molecular weight excluding hydrogens is 298 g/mol. The van der Waals surface area contributed by atoms with E-state index in [0.29, 0.717) is 0 Å². The molecule has 6 heteroatoms. The van der Waals surface area contributed by atoms with Crippen LogP contribution in [0.25, 0.3) is 10.8 Å². The van der Waals surface area contributed by atoms with Crippen molar-refractivity contribution in [2.45, 2.75) is 0 Å². The third kappa shape index (κ3) is 1.68. The molecule has 0 amide bonds. The SMILES string of the molecule is [2H]C([2H])([2H])Oc1c(F)c(F)c(Br)c2cc(O)cc(O)c12. The van der Waals surface area contributed by atoms with E-state index in [2.05, 4.69) is 20.7 Å². The number of halogens is 3. The predicted octanol–water partition coefficient (Wildman–Crippen LogP) is 3.30. The van der Waals surface area contributed by atoms with Crippen LogP contribution in [0, 0.1) is 11.6 Å². The number of aromatic hydroxyl groups is 2. The molecule has 0 heterocycles. The minimum Gasteiger partial charge on any atom is -0.508 e. The van der Waals surface area contributed by atoms with Crippen LogP contribution >= 0.6 is 15.9 Å². The van der Waals surface area contributed by atoms with Gasteiger partial charge in [-0.25, -0.2) is 4.39 Å². The highest BCUT2D eigenvalue weighted by Gasteiger charge is 2.22. The highest BCUT2D eigenvalue weighted by atomic mass is 79.9. The Morgan fingerprint density at radius 3 is 2.65 bits per heavy atom. The highest BCUT2D eigenvalue weighted by molar-refractivity contribution is 9.10. The lowest BCUT2D eigenvalue weighted by atomic mass is 10.1. The minimum absolute atomic E-state index is 0.124. The first-order valence-electron chi connectivity index (χ1n) is 5.83. The van der Waals surface area contributed by atoms with E-state index >= 15 is 0 Å². The Morgan fingerprint density at radius 1 is 1.29 bits per heavy atom. The van der Waals surface area contributed by atoms with Crippen molar-refractivity contribution in [1.29, 1.82) is 0 Å². The fourth-order valence-corrected chi connectivity index (χ4v) is 2.03. The summed E-state index contributed by atoms with van der Waals surface area (Å²) in [6.07, 6.45) is 0. The summed E-state index contributed by atoms with van der Waals surface area (Å²) in [7, 11) is -3.03. The number of benzene rings is 2.